The van der Waals surface area contributed by atoms with Crippen LogP contribution in [0.1, 0.15) is 0 Å². The molecule has 2 aromatic rings. The van der Waals surface area contributed by atoms with Crippen molar-refractivity contribution >= 4 is 15.9 Å². The van der Waals surface area contributed by atoms with Crippen LogP contribution in [0.25, 0.3) is 22.3 Å². The topological polar surface area (TPSA) is 0 Å². The molecule has 0 heterocycles. The number of rotatable bonds is 1. The standard InChI is InChI=1S/C12H9Br.C6H4/c13-12-8-6-11(7-9-12)10-4-2-1-3-5-10;1-2-5-4-6(5)3-1/h1-9H;1-4H. The molecule has 2 aliphatic rings. The molecule has 0 unspecified atom stereocenters. The lowest BCUT2D eigenvalue weighted by atomic mass is 10.1. The monoisotopic (exact) mass is 308 g/mol. The highest BCUT2D eigenvalue weighted by molar-refractivity contribution is 9.10. The van der Waals surface area contributed by atoms with E-state index in [0.717, 1.165) is 4.47 Å². The molecule has 2 aromatic carbocycles. The molecule has 4 rings (SSSR count). The van der Waals surface area contributed by atoms with Crippen molar-refractivity contribution < 1.29 is 0 Å². The van der Waals surface area contributed by atoms with Crippen LogP contribution in [0.5, 0.6) is 0 Å². The molecule has 2 aliphatic carbocycles. The van der Waals surface area contributed by atoms with Gasteiger partial charge in [-0.3, -0.25) is 0 Å². The van der Waals surface area contributed by atoms with Gasteiger partial charge in [0.2, 0.25) is 0 Å². The van der Waals surface area contributed by atoms with Gasteiger partial charge in [-0.2, -0.15) is 0 Å². The Labute approximate surface area is 121 Å². The van der Waals surface area contributed by atoms with Crippen LogP contribution in [0.2, 0.25) is 0 Å². The molecule has 1 heteroatoms. The van der Waals surface area contributed by atoms with Gasteiger partial charge in [-0.1, -0.05) is 76.6 Å². The van der Waals surface area contributed by atoms with Crippen molar-refractivity contribution in [3.63, 3.8) is 0 Å². The minimum Gasteiger partial charge on any atom is -0.0622 e. The van der Waals surface area contributed by atoms with Gasteiger partial charge in [-0.05, 0) is 40.5 Å². The van der Waals surface area contributed by atoms with Crippen molar-refractivity contribution in [2.45, 2.75) is 0 Å². The fourth-order valence-electron chi connectivity index (χ4n) is 1.95. The summed E-state index contributed by atoms with van der Waals surface area (Å²) in [5.41, 5.74) is 5.36. The van der Waals surface area contributed by atoms with Gasteiger partial charge in [0.15, 0.2) is 0 Å². The number of hydrogen-bond donors (Lipinski definition) is 0. The smallest absolute Gasteiger partial charge is 0.0175 e. The molecule has 92 valence electrons. The molecule has 0 saturated heterocycles. The van der Waals surface area contributed by atoms with E-state index in [4.69, 9.17) is 0 Å². The van der Waals surface area contributed by atoms with Crippen LogP contribution >= 0.6 is 15.9 Å². The van der Waals surface area contributed by atoms with E-state index < -0.39 is 0 Å². The summed E-state index contributed by atoms with van der Waals surface area (Å²) in [6, 6.07) is 27.2. The molecule has 0 N–H and O–H groups in total. The summed E-state index contributed by atoms with van der Waals surface area (Å²) in [5, 5.41) is 0. The summed E-state index contributed by atoms with van der Waals surface area (Å²) in [7, 11) is 0. The van der Waals surface area contributed by atoms with E-state index in [9.17, 15) is 0 Å². The number of halogens is 1. The molecule has 0 fully saturated rings. The van der Waals surface area contributed by atoms with Crippen LogP contribution in [0.15, 0.2) is 83.3 Å². The van der Waals surface area contributed by atoms with Gasteiger partial charge in [0.05, 0.1) is 0 Å². The predicted octanol–water partition coefficient (Wildman–Crippen LogP) is 5.78. The molecular weight excluding hydrogens is 296 g/mol. The third kappa shape index (κ3) is 3.12. The lowest BCUT2D eigenvalue weighted by molar-refractivity contribution is 1.59. The quantitative estimate of drug-likeness (QED) is 0.418. The van der Waals surface area contributed by atoms with E-state index in [1.54, 1.807) is 0 Å². The zero-order chi connectivity index (χ0) is 13.1. The second-order valence-electron chi connectivity index (χ2n) is 4.45. The lowest BCUT2D eigenvalue weighted by Crippen LogP contribution is -1.75. The van der Waals surface area contributed by atoms with Crippen LogP contribution in [-0.2, 0) is 0 Å². The van der Waals surface area contributed by atoms with Crippen molar-refractivity contribution in [3.8, 4) is 22.3 Å². The Balaban J connectivity index is 0.000000151. The van der Waals surface area contributed by atoms with E-state index >= 15 is 0 Å². The zero-order valence-corrected chi connectivity index (χ0v) is 12.0. The van der Waals surface area contributed by atoms with E-state index in [0.29, 0.717) is 0 Å². The molecule has 0 spiro atoms. The maximum Gasteiger partial charge on any atom is 0.0175 e. The number of benzene rings is 3. The van der Waals surface area contributed by atoms with Crippen LogP contribution in [-0.4, -0.2) is 0 Å². The Kier molecular flexibility index (Phi) is 3.47. The Morgan fingerprint density at radius 2 is 1.00 bits per heavy atom. The Morgan fingerprint density at radius 3 is 1.47 bits per heavy atom. The second-order valence-corrected chi connectivity index (χ2v) is 5.37. The van der Waals surface area contributed by atoms with E-state index in [2.05, 4.69) is 88.7 Å². The summed E-state index contributed by atoms with van der Waals surface area (Å²) in [4.78, 5) is 0. The van der Waals surface area contributed by atoms with Crippen molar-refractivity contribution in [1.82, 2.24) is 0 Å². The van der Waals surface area contributed by atoms with Gasteiger partial charge >= 0.3 is 0 Å². The van der Waals surface area contributed by atoms with E-state index in [-0.39, 0.29) is 0 Å². The maximum atomic E-state index is 3.42. The zero-order valence-electron chi connectivity index (χ0n) is 10.4. The molecule has 0 aliphatic heterocycles. The van der Waals surface area contributed by atoms with Crippen LogP contribution < -0.4 is 0 Å². The third-order valence-electron chi connectivity index (χ3n) is 3.06. The van der Waals surface area contributed by atoms with Gasteiger partial charge in [0.25, 0.3) is 0 Å². The first kappa shape index (κ1) is 12.2. The third-order valence-corrected chi connectivity index (χ3v) is 3.59. The minimum atomic E-state index is 1.12. The van der Waals surface area contributed by atoms with Crippen molar-refractivity contribution in [2.75, 3.05) is 0 Å². The van der Waals surface area contributed by atoms with Gasteiger partial charge in [-0.15, -0.1) is 0 Å². The average Bonchev–Trinajstić information content (AvgIpc) is 3.07. The van der Waals surface area contributed by atoms with Crippen molar-refractivity contribution in [1.29, 1.82) is 0 Å². The highest BCUT2D eigenvalue weighted by Crippen LogP contribution is 2.32. The highest BCUT2D eigenvalue weighted by Gasteiger charge is 2.06. The SMILES string of the molecule is Brc1ccc(-c2ccccc2)cc1.c1cc2cc-2c1. The summed E-state index contributed by atoms with van der Waals surface area (Å²) in [6.07, 6.45) is 0. The first-order valence-corrected chi connectivity index (χ1v) is 7.04. The fraction of sp³-hybridized carbons (Fsp3) is 0. The molecule has 0 bridgehead atoms. The number of fused-ring (bicyclic) bond motifs is 1. The molecular formula is C18H13Br. The molecule has 0 amide bonds. The maximum absolute atomic E-state index is 3.42. The van der Waals surface area contributed by atoms with E-state index in [1.165, 1.54) is 22.3 Å². The Hall–Kier alpha value is -1.86. The van der Waals surface area contributed by atoms with Gasteiger partial charge in [0.1, 0.15) is 0 Å². The highest BCUT2D eigenvalue weighted by atomic mass is 79.9. The van der Waals surface area contributed by atoms with Gasteiger partial charge in [0, 0.05) is 4.47 Å². The predicted molar refractivity (Wildman–Crippen MR) is 85.0 cm³/mol. The van der Waals surface area contributed by atoms with Crippen LogP contribution in [0.4, 0.5) is 0 Å². The van der Waals surface area contributed by atoms with Crippen LogP contribution in [0.3, 0.4) is 0 Å². The first-order chi connectivity index (χ1) is 9.33. The molecule has 0 radical (unpaired) electrons. The molecule has 19 heavy (non-hydrogen) atoms. The number of hydrogen-bond acceptors (Lipinski definition) is 0. The lowest BCUT2D eigenvalue weighted by Gasteiger charge is -2.00. The Bertz CT molecular complexity index is 652. The summed E-state index contributed by atoms with van der Waals surface area (Å²) >= 11 is 3.42. The fourth-order valence-corrected chi connectivity index (χ4v) is 2.21. The molecule has 0 atom stereocenters. The molecule has 0 nitrogen and oxygen atoms in total. The van der Waals surface area contributed by atoms with E-state index in [1.807, 2.05) is 6.07 Å². The van der Waals surface area contributed by atoms with Gasteiger partial charge < -0.3 is 0 Å². The largest absolute Gasteiger partial charge is 0.0622 e. The van der Waals surface area contributed by atoms with Crippen LogP contribution in [0, 0.1) is 0 Å². The summed E-state index contributed by atoms with van der Waals surface area (Å²) < 4.78 is 1.12. The summed E-state index contributed by atoms with van der Waals surface area (Å²) in [5.74, 6) is 0. The second kappa shape index (κ2) is 5.41. The normalized spacial score (nSPS) is 10.4. The van der Waals surface area contributed by atoms with Crippen molar-refractivity contribution in [3.05, 3.63) is 83.3 Å². The van der Waals surface area contributed by atoms with Gasteiger partial charge in [-0.25, -0.2) is 0 Å². The minimum absolute atomic E-state index is 1.12. The Morgan fingerprint density at radius 1 is 0.474 bits per heavy atom. The molecule has 0 aromatic heterocycles. The average molecular weight is 309 g/mol. The summed E-state index contributed by atoms with van der Waals surface area (Å²) in [6.45, 7) is 0. The molecule has 0 saturated carbocycles. The first-order valence-electron chi connectivity index (χ1n) is 6.24. The van der Waals surface area contributed by atoms with Crippen molar-refractivity contribution in [2.24, 2.45) is 0 Å².